The average molecular weight is 629 g/mol. The lowest BCUT2D eigenvalue weighted by atomic mass is 9.98. The molecule has 3 atom stereocenters. The van der Waals surface area contributed by atoms with Gasteiger partial charge in [-0.1, -0.05) is 92.7 Å². The van der Waals surface area contributed by atoms with Crippen molar-refractivity contribution in [2.75, 3.05) is 13.2 Å². The fraction of sp³-hybridized carbons (Fsp3) is 0.389. The van der Waals surface area contributed by atoms with E-state index in [2.05, 4.69) is 28.1 Å². The molecule has 0 bridgehead atoms. The third kappa shape index (κ3) is 9.17. The third-order valence-corrected chi connectivity index (χ3v) is 8.14. The van der Waals surface area contributed by atoms with E-state index >= 15 is 0 Å². The number of hydrogen-bond donors (Lipinski definition) is 5. The highest BCUT2D eigenvalue weighted by Crippen LogP contribution is 2.44. The van der Waals surface area contributed by atoms with Gasteiger partial charge in [0.05, 0.1) is 0 Å². The molecule has 0 radical (unpaired) electrons. The van der Waals surface area contributed by atoms with Crippen LogP contribution in [0, 0.1) is 5.92 Å². The summed E-state index contributed by atoms with van der Waals surface area (Å²) in [7, 11) is 0. The lowest BCUT2D eigenvalue weighted by Crippen LogP contribution is -2.56. The van der Waals surface area contributed by atoms with Crippen molar-refractivity contribution in [1.29, 1.82) is 0 Å². The molecule has 0 heterocycles. The molecule has 0 saturated carbocycles. The van der Waals surface area contributed by atoms with Crippen LogP contribution in [-0.4, -0.2) is 60.3 Å². The summed E-state index contributed by atoms with van der Waals surface area (Å²) in [5, 5.41) is 17.7. The maximum atomic E-state index is 13.7. The predicted octanol–water partition coefficient (Wildman–Crippen LogP) is 4.37. The van der Waals surface area contributed by atoms with Gasteiger partial charge in [-0.25, -0.2) is 9.59 Å². The van der Waals surface area contributed by atoms with Gasteiger partial charge >= 0.3 is 12.1 Å². The van der Waals surface area contributed by atoms with E-state index in [1.807, 2.05) is 80.6 Å². The van der Waals surface area contributed by atoms with Gasteiger partial charge in [-0.3, -0.25) is 9.59 Å². The van der Waals surface area contributed by atoms with E-state index in [4.69, 9.17) is 10.5 Å². The first kappa shape index (κ1) is 34.2. The molecule has 0 aromatic heterocycles. The number of carboxylic acids is 1. The molecule has 1 aliphatic rings. The summed E-state index contributed by atoms with van der Waals surface area (Å²) in [6.07, 6.45) is 1.07. The van der Waals surface area contributed by atoms with Gasteiger partial charge in [-0.05, 0) is 66.0 Å². The van der Waals surface area contributed by atoms with Crippen molar-refractivity contribution < 1.29 is 29.0 Å². The van der Waals surface area contributed by atoms with Gasteiger partial charge in [0.1, 0.15) is 24.7 Å². The zero-order valence-electron chi connectivity index (χ0n) is 26.4. The van der Waals surface area contributed by atoms with Gasteiger partial charge in [0.15, 0.2) is 0 Å². The minimum atomic E-state index is -1.15. The number of rotatable bonds is 16. The van der Waals surface area contributed by atoms with Crippen molar-refractivity contribution in [3.63, 3.8) is 0 Å². The zero-order chi connectivity index (χ0) is 33.1. The topological polar surface area (TPSA) is 160 Å². The number of benzene rings is 3. The highest BCUT2D eigenvalue weighted by Gasteiger charge is 2.32. The number of amides is 3. The molecule has 0 spiro atoms. The molecule has 10 nitrogen and oxygen atoms in total. The molecule has 3 amide bonds. The number of carbonyl (C=O) groups is 4. The van der Waals surface area contributed by atoms with Crippen LogP contribution in [0.3, 0.4) is 0 Å². The lowest BCUT2D eigenvalue weighted by Gasteiger charge is -2.25. The van der Waals surface area contributed by atoms with Crippen LogP contribution >= 0.6 is 0 Å². The number of carbonyl (C=O) groups excluding carboxylic acids is 3. The second-order valence-corrected chi connectivity index (χ2v) is 12.1. The Balaban J connectivity index is 1.46. The molecule has 3 aromatic rings. The first-order valence-corrected chi connectivity index (χ1v) is 15.9. The summed E-state index contributed by atoms with van der Waals surface area (Å²) in [5.41, 5.74) is 10.7. The normalized spacial score (nSPS) is 14.0. The molecule has 46 heavy (non-hydrogen) atoms. The third-order valence-electron chi connectivity index (χ3n) is 8.14. The molecule has 3 aromatic carbocycles. The van der Waals surface area contributed by atoms with E-state index in [-0.39, 0.29) is 37.7 Å². The van der Waals surface area contributed by atoms with E-state index in [9.17, 15) is 24.3 Å². The second kappa shape index (κ2) is 16.6. The van der Waals surface area contributed by atoms with E-state index in [1.54, 1.807) is 0 Å². The van der Waals surface area contributed by atoms with E-state index in [1.165, 1.54) is 0 Å². The van der Waals surface area contributed by atoms with Crippen LogP contribution in [-0.2, 0) is 25.5 Å². The molecule has 0 aliphatic heterocycles. The Morgan fingerprint density at radius 3 is 1.91 bits per heavy atom. The Bertz CT molecular complexity index is 1450. The summed E-state index contributed by atoms with van der Waals surface area (Å²) in [6, 6.07) is 22.1. The number of ether oxygens (including phenoxy) is 1. The highest BCUT2D eigenvalue weighted by atomic mass is 16.5. The van der Waals surface area contributed by atoms with E-state index in [0.29, 0.717) is 19.4 Å². The molecule has 6 N–H and O–H groups in total. The van der Waals surface area contributed by atoms with Crippen molar-refractivity contribution in [3.05, 3.63) is 95.6 Å². The molecule has 244 valence electrons. The van der Waals surface area contributed by atoms with Crippen molar-refractivity contribution in [2.45, 2.75) is 70.0 Å². The summed E-state index contributed by atoms with van der Waals surface area (Å²) in [6.45, 7) is 4.31. The van der Waals surface area contributed by atoms with E-state index in [0.717, 1.165) is 27.8 Å². The zero-order valence-corrected chi connectivity index (χ0v) is 26.4. The molecular weight excluding hydrogens is 584 g/mol. The molecule has 0 saturated heterocycles. The largest absolute Gasteiger partial charge is 0.480 e. The van der Waals surface area contributed by atoms with Gasteiger partial charge in [0.25, 0.3) is 0 Å². The maximum Gasteiger partial charge on any atom is 0.407 e. The van der Waals surface area contributed by atoms with Gasteiger partial charge in [0, 0.05) is 12.3 Å². The summed E-state index contributed by atoms with van der Waals surface area (Å²) < 4.78 is 5.72. The van der Waals surface area contributed by atoms with Crippen molar-refractivity contribution in [1.82, 2.24) is 16.0 Å². The fourth-order valence-corrected chi connectivity index (χ4v) is 5.84. The number of unbranched alkanes of at least 4 members (excludes halogenated alkanes) is 1. The molecule has 0 unspecified atom stereocenters. The number of aliphatic carboxylic acids is 1. The lowest BCUT2D eigenvalue weighted by molar-refractivity contribution is -0.142. The van der Waals surface area contributed by atoms with Crippen molar-refractivity contribution in [3.8, 4) is 11.1 Å². The highest BCUT2D eigenvalue weighted by molar-refractivity contribution is 5.93. The first-order chi connectivity index (χ1) is 22.2. The quantitative estimate of drug-likeness (QED) is 0.147. The van der Waals surface area contributed by atoms with Crippen LogP contribution in [0.2, 0.25) is 0 Å². The van der Waals surface area contributed by atoms with Gasteiger partial charge < -0.3 is 31.5 Å². The SMILES string of the molecule is CC(C)C[C@@H](NC(=O)[C@@H](Cc1ccccc1)NC(=O)OCC1c2ccccc2-c2ccccc21)C(=O)N[C@@H](CCCCN)C(=O)O. The van der Waals surface area contributed by atoms with Crippen LogP contribution in [0.25, 0.3) is 11.1 Å². The molecular formula is C36H44N4O6. The number of carboxylic acid groups (broad SMARTS) is 1. The first-order valence-electron chi connectivity index (χ1n) is 15.9. The Morgan fingerprint density at radius 1 is 0.761 bits per heavy atom. The standard InChI is InChI=1S/C36H44N4O6/c1-23(2)20-31(33(41)38-30(35(43)44)18-10-11-19-37)39-34(42)32(21-24-12-4-3-5-13-24)40-36(45)46-22-29-27-16-8-6-14-25(27)26-15-7-9-17-28(26)29/h3-9,12-17,23,29-32H,10-11,18-22,37H2,1-2H3,(H,38,41)(H,39,42)(H,40,45)(H,43,44)/t30-,31+,32+/m0/s1. The fourth-order valence-electron chi connectivity index (χ4n) is 5.84. The van der Waals surface area contributed by atoms with Crippen molar-refractivity contribution in [2.24, 2.45) is 11.7 Å². The summed E-state index contributed by atoms with van der Waals surface area (Å²) >= 11 is 0. The number of nitrogens with one attached hydrogen (secondary N) is 3. The maximum absolute atomic E-state index is 13.7. The van der Waals surface area contributed by atoms with Gasteiger partial charge in [0.2, 0.25) is 11.8 Å². The minimum absolute atomic E-state index is 0.0132. The number of fused-ring (bicyclic) bond motifs is 3. The van der Waals surface area contributed by atoms with Crippen LogP contribution in [0.5, 0.6) is 0 Å². The van der Waals surface area contributed by atoms with E-state index < -0.39 is 42.0 Å². The van der Waals surface area contributed by atoms with Crippen LogP contribution < -0.4 is 21.7 Å². The van der Waals surface area contributed by atoms with Crippen LogP contribution in [0.4, 0.5) is 4.79 Å². The molecule has 10 heteroatoms. The number of nitrogens with two attached hydrogens (primary N) is 1. The van der Waals surface area contributed by atoms with Gasteiger partial charge in [-0.15, -0.1) is 0 Å². The van der Waals surface area contributed by atoms with Gasteiger partial charge in [-0.2, -0.15) is 0 Å². The molecule has 4 rings (SSSR count). The average Bonchev–Trinajstić information content (AvgIpc) is 3.36. The summed E-state index contributed by atoms with van der Waals surface area (Å²) in [5.74, 6) is -2.46. The second-order valence-electron chi connectivity index (χ2n) is 12.1. The smallest absolute Gasteiger partial charge is 0.407 e. The number of alkyl carbamates (subject to hydrolysis) is 1. The molecule has 0 fully saturated rings. The minimum Gasteiger partial charge on any atom is -0.480 e. The van der Waals surface area contributed by atoms with Crippen LogP contribution in [0.1, 0.15) is 62.1 Å². The Hall–Kier alpha value is -4.70. The van der Waals surface area contributed by atoms with Crippen LogP contribution in [0.15, 0.2) is 78.9 Å². The Labute approximate surface area is 270 Å². The Kier molecular flexibility index (Phi) is 12.3. The monoisotopic (exact) mass is 628 g/mol. The predicted molar refractivity (Wildman–Crippen MR) is 176 cm³/mol. The van der Waals surface area contributed by atoms with Crippen molar-refractivity contribution >= 4 is 23.9 Å². The Morgan fingerprint density at radius 2 is 1.33 bits per heavy atom. The summed E-state index contributed by atoms with van der Waals surface area (Å²) in [4.78, 5) is 52.0. The molecule has 1 aliphatic carbocycles. The number of hydrogen-bond acceptors (Lipinski definition) is 6.